The Morgan fingerprint density at radius 1 is 0.926 bits per heavy atom. The van der Waals surface area contributed by atoms with E-state index in [-0.39, 0.29) is 36.0 Å². The van der Waals surface area contributed by atoms with Crippen LogP contribution >= 0.6 is 0 Å². The van der Waals surface area contributed by atoms with E-state index in [0.717, 1.165) is 29.6 Å². The van der Waals surface area contributed by atoms with E-state index < -0.39 is 70.9 Å². The lowest BCUT2D eigenvalue weighted by molar-refractivity contribution is -0.202. The van der Waals surface area contributed by atoms with Crippen molar-refractivity contribution in [2.24, 2.45) is 46.3 Å². The van der Waals surface area contributed by atoms with Crippen LogP contribution in [0.15, 0.2) is 72.8 Å². The molecule has 0 amide bonds. The van der Waals surface area contributed by atoms with Crippen LogP contribution in [0.4, 0.5) is 13.2 Å². The van der Waals surface area contributed by atoms with Crippen molar-refractivity contribution in [3.05, 3.63) is 72.8 Å². The van der Waals surface area contributed by atoms with E-state index in [0.29, 0.717) is 12.3 Å². The van der Waals surface area contributed by atoms with Crippen molar-refractivity contribution in [2.45, 2.75) is 117 Å². The zero-order valence-corrected chi connectivity index (χ0v) is 34.6. The van der Waals surface area contributed by atoms with Crippen LogP contribution < -0.4 is 10.4 Å². The normalized spacial score (nSPS) is 32.9. The largest absolute Gasteiger partial charge is 0.523 e. The van der Waals surface area contributed by atoms with Gasteiger partial charge >= 0.3 is 21.6 Å². The predicted molar refractivity (Wildman–Crippen MR) is 205 cm³/mol. The highest BCUT2D eigenvalue weighted by atomic mass is 32.2. The molecule has 2 saturated carbocycles. The topological polar surface area (TPSA) is 88.1 Å². The molecule has 1 heterocycles. The predicted octanol–water partition coefficient (Wildman–Crippen LogP) is 8.38. The average Bonchev–Trinajstić information content (AvgIpc) is 3.37. The lowest BCUT2D eigenvalue weighted by Gasteiger charge is -2.56. The van der Waals surface area contributed by atoms with Crippen LogP contribution in [0.5, 0.6) is 0 Å². The fourth-order valence-corrected chi connectivity index (χ4v) is 15.7. The van der Waals surface area contributed by atoms with Crippen molar-refractivity contribution in [1.82, 2.24) is 0 Å². The minimum atomic E-state index is -6.07. The maximum Gasteiger partial charge on any atom is 0.523 e. The van der Waals surface area contributed by atoms with Gasteiger partial charge in [0.15, 0.2) is 0 Å². The highest BCUT2D eigenvalue weighted by Crippen LogP contribution is 2.65. The number of carbonyl (C=O) groups excluding carboxylic acids is 1. The number of esters is 1. The molecule has 6 rings (SSSR count). The molecule has 2 aromatic carbocycles. The minimum absolute atomic E-state index is 0.0810. The number of halogens is 3. The Balaban J connectivity index is 1.50. The standard InChI is InChI=1S/C42H57F3O7SSi/c1-27(2)32-21-19-28(3)25-33(32)50-37-36-29(26-49-54(39(4,5)6,30-15-11-9-12-16-30)31-17-13-10-14-18-31)20-22-34-40(7,8)24-23-35(41(34,36)38(46)51-37)52-53(47,48)42(43,44)45/h9-18,20,22,27-29,32-37H,19,21,23-26H2,1-8H3/t28-,29+,32+,33-,34-,35+,36+,37-,41-/m0/s1. The van der Waals surface area contributed by atoms with Crippen LogP contribution in [0, 0.1) is 46.3 Å². The molecule has 0 N–H and O–H groups in total. The maximum absolute atomic E-state index is 14.8. The summed E-state index contributed by atoms with van der Waals surface area (Å²) in [5.74, 6) is -2.12. The Morgan fingerprint density at radius 2 is 1.52 bits per heavy atom. The quantitative estimate of drug-likeness (QED) is 0.0786. The number of cyclic esters (lactones) is 1. The first-order chi connectivity index (χ1) is 25.2. The summed E-state index contributed by atoms with van der Waals surface area (Å²) in [5, 5.41) is 1.72. The van der Waals surface area contributed by atoms with E-state index >= 15 is 0 Å². The number of benzene rings is 2. The lowest BCUT2D eigenvalue weighted by atomic mass is 9.47. The lowest BCUT2D eigenvalue weighted by Crippen LogP contribution is -2.67. The third kappa shape index (κ3) is 7.05. The van der Waals surface area contributed by atoms with Crippen molar-refractivity contribution in [2.75, 3.05) is 6.61 Å². The van der Waals surface area contributed by atoms with Crippen LogP contribution in [0.25, 0.3) is 0 Å². The molecular formula is C42H57F3O7SSi. The molecule has 3 fully saturated rings. The third-order valence-electron chi connectivity index (χ3n) is 13.1. The molecule has 0 bridgehead atoms. The molecule has 1 spiro atoms. The van der Waals surface area contributed by atoms with Gasteiger partial charge in [0.2, 0.25) is 6.29 Å². The van der Waals surface area contributed by atoms with Gasteiger partial charge in [-0.1, -0.05) is 135 Å². The van der Waals surface area contributed by atoms with Crippen LogP contribution in [0.1, 0.15) is 87.5 Å². The first kappa shape index (κ1) is 41.1. The molecular weight excluding hydrogens is 734 g/mol. The highest BCUT2D eigenvalue weighted by Gasteiger charge is 2.73. The summed E-state index contributed by atoms with van der Waals surface area (Å²) in [4.78, 5) is 14.8. The Bertz CT molecular complexity index is 1740. The molecule has 3 aliphatic carbocycles. The molecule has 12 heteroatoms. The number of alkyl halides is 3. The molecule has 0 aromatic heterocycles. The SMILES string of the molecule is CC(C)[C@H]1CC[C@H](C)C[C@@H]1O[C@H]1OC(=O)[C@@]23[C@@H]1[C@@H](CO[Si](c1ccccc1)(c1ccccc1)C(C)(C)C)C=C[C@H]2C(C)(C)CC[C@H]3OS(=O)(=O)C(F)(F)F. The number of ether oxygens (including phenoxy) is 2. The van der Waals surface area contributed by atoms with Gasteiger partial charge in [-0.2, -0.15) is 21.6 Å². The number of rotatable bonds is 10. The summed E-state index contributed by atoms with van der Waals surface area (Å²) in [5.41, 5.74) is -8.06. The Hall–Kier alpha value is -2.51. The molecule has 54 heavy (non-hydrogen) atoms. The van der Waals surface area contributed by atoms with Gasteiger partial charge in [0.05, 0.1) is 12.2 Å². The summed E-state index contributed by atoms with van der Waals surface area (Å²) in [7, 11) is -9.19. The van der Waals surface area contributed by atoms with Gasteiger partial charge in [-0.15, -0.1) is 0 Å². The second-order valence-electron chi connectivity index (χ2n) is 18.2. The molecule has 1 aliphatic heterocycles. The van der Waals surface area contributed by atoms with Crippen LogP contribution in [-0.4, -0.2) is 53.3 Å². The Kier molecular flexibility index (Phi) is 11.3. The summed E-state index contributed by atoms with van der Waals surface area (Å²) < 4.78 is 93.5. The molecule has 7 nitrogen and oxygen atoms in total. The smallest absolute Gasteiger partial charge is 0.435 e. The van der Waals surface area contributed by atoms with E-state index in [4.69, 9.17) is 18.1 Å². The van der Waals surface area contributed by atoms with Gasteiger partial charge in [-0.05, 0) is 64.3 Å². The molecule has 9 atom stereocenters. The fourth-order valence-electron chi connectivity index (χ4n) is 10.4. The highest BCUT2D eigenvalue weighted by molar-refractivity contribution is 7.87. The first-order valence-electron chi connectivity index (χ1n) is 19.5. The summed E-state index contributed by atoms with van der Waals surface area (Å²) in [6, 6.07) is 20.2. The number of hydrogen-bond donors (Lipinski definition) is 0. The summed E-state index contributed by atoms with van der Waals surface area (Å²) in [6.45, 7) is 17.0. The first-order valence-corrected chi connectivity index (χ1v) is 22.8. The molecule has 0 unspecified atom stereocenters. The third-order valence-corrected chi connectivity index (χ3v) is 19.1. The molecule has 2 aromatic rings. The van der Waals surface area contributed by atoms with Crippen LogP contribution in [0.3, 0.4) is 0 Å². The van der Waals surface area contributed by atoms with Gasteiger partial charge in [0.1, 0.15) is 5.41 Å². The maximum atomic E-state index is 14.8. The van der Waals surface area contributed by atoms with E-state index in [1.54, 1.807) is 0 Å². The van der Waals surface area contributed by atoms with Gasteiger partial charge in [-0.3, -0.25) is 8.98 Å². The molecule has 0 radical (unpaired) electrons. The van der Waals surface area contributed by atoms with E-state index in [9.17, 15) is 26.4 Å². The van der Waals surface area contributed by atoms with E-state index in [2.05, 4.69) is 65.8 Å². The number of carbonyl (C=O) groups is 1. The van der Waals surface area contributed by atoms with Crippen LogP contribution in [-0.2, 0) is 33.0 Å². The molecule has 4 aliphatic rings. The van der Waals surface area contributed by atoms with Gasteiger partial charge < -0.3 is 13.9 Å². The minimum Gasteiger partial charge on any atom is -0.435 e. The van der Waals surface area contributed by atoms with Gasteiger partial charge in [-0.25, -0.2) is 0 Å². The zero-order chi connectivity index (χ0) is 39.5. The number of allylic oxidation sites excluding steroid dienone is 1. The monoisotopic (exact) mass is 790 g/mol. The van der Waals surface area contributed by atoms with Crippen LogP contribution in [0.2, 0.25) is 5.04 Å². The average molecular weight is 791 g/mol. The Labute approximate surface area is 320 Å². The fraction of sp³-hybridized carbons (Fsp3) is 0.643. The van der Waals surface area contributed by atoms with Gasteiger partial charge in [0.25, 0.3) is 8.32 Å². The number of hydrogen-bond acceptors (Lipinski definition) is 7. The molecule has 1 saturated heterocycles. The van der Waals surface area contributed by atoms with Crippen molar-refractivity contribution in [3.8, 4) is 0 Å². The van der Waals surface area contributed by atoms with E-state index in [1.807, 2.05) is 62.4 Å². The van der Waals surface area contributed by atoms with E-state index in [1.165, 1.54) is 0 Å². The molecule has 298 valence electrons. The van der Waals surface area contributed by atoms with Crippen molar-refractivity contribution >= 4 is 34.8 Å². The second kappa shape index (κ2) is 14.8. The van der Waals surface area contributed by atoms with Gasteiger partial charge in [0, 0.05) is 24.4 Å². The Morgan fingerprint density at radius 3 is 2.06 bits per heavy atom. The zero-order valence-electron chi connectivity index (χ0n) is 32.8. The summed E-state index contributed by atoms with van der Waals surface area (Å²) >= 11 is 0. The second-order valence-corrected chi connectivity index (χ2v) is 24.1. The summed E-state index contributed by atoms with van der Waals surface area (Å²) in [6.07, 6.45) is 3.83. The van der Waals surface area contributed by atoms with Crippen molar-refractivity contribution < 1.29 is 44.5 Å². The van der Waals surface area contributed by atoms with Crippen molar-refractivity contribution in [1.29, 1.82) is 0 Å². The van der Waals surface area contributed by atoms with Crippen molar-refractivity contribution in [3.63, 3.8) is 0 Å².